The van der Waals surface area contributed by atoms with Gasteiger partial charge in [-0.05, 0) is 0 Å². The number of aliphatic hydroxyl groups excluding tert-OH is 1. The molecule has 1 aromatic heterocycles. The molecule has 0 spiro atoms. The third-order valence-electron chi connectivity index (χ3n) is 2.07. The van der Waals surface area contributed by atoms with E-state index in [2.05, 4.69) is 10.4 Å². The Balaban J connectivity index is 3.02. The van der Waals surface area contributed by atoms with Crippen LogP contribution in [0.3, 0.4) is 0 Å². The summed E-state index contributed by atoms with van der Waals surface area (Å²) >= 11 is 0. The second kappa shape index (κ2) is 4.62. The number of alkyl halides is 2. The van der Waals surface area contributed by atoms with Gasteiger partial charge in [-0.25, -0.2) is 18.3 Å². The largest absolute Gasteiger partial charge is 0.390 e. The minimum absolute atomic E-state index is 0.372. The van der Waals surface area contributed by atoms with Crippen molar-refractivity contribution >= 4 is 5.82 Å². The normalized spacial score (nSPS) is 11.6. The molecule has 0 bridgehead atoms. The summed E-state index contributed by atoms with van der Waals surface area (Å²) in [6.07, 6.45) is 0. The van der Waals surface area contributed by atoms with E-state index in [4.69, 9.17) is 5.11 Å². The smallest absolute Gasteiger partial charge is 0.346 e. The summed E-state index contributed by atoms with van der Waals surface area (Å²) in [7, 11) is 2.50. The van der Waals surface area contributed by atoms with Crippen LogP contribution in [0.4, 0.5) is 14.6 Å². The molecule has 96 valence electrons. The van der Waals surface area contributed by atoms with E-state index in [1.165, 1.54) is 14.1 Å². The van der Waals surface area contributed by atoms with Crippen molar-refractivity contribution in [2.24, 2.45) is 14.1 Å². The van der Waals surface area contributed by atoms with E-state index in [9.17, 15) is 18.4 Å². The number of nitrogens with one attached hydrogen (secondary N) is 1. The molecule has 0 aliphatic rings. The highest BCUT2D eigenvalue weighted by atomic mass is 19.3. The van der Waals surface area contributed by atoms with Gasteiger partial charge in [0.15, 0.2) is 0 Å². The van der Waals surface area contributed by atoms with Gasteiger partial charge in [-0.3, -0.25) is 9.36 Å². The van der Waals surface area contributed by atoms with Crippen LogP contribution in [-0.2, 0) is 14.1 Å². The third kappa shape index (κ3) is 2.87. The van der Waals surface area contributed by atoms with Gasteiger partial charge in [0, 0.05) is 14.1 Å². The second-order valence-electron chi connectivity index (χ2n) is 3.49. The minimum atomic E-state index is -3.36. The summed E-state index contributed by atoms with van der Waals surface area (Å²) in [5, 5.41) is 14.0. The van der Waals surface area contributed by atoms with E-state index < -0.39 is 30.3 Å². The van der Waals surface area contributed by atoms with Crippen LogP contribution in [0.15, 0.2) is 9.59 Å². The molecule has 2 N–H and O–H groups in total. The zero-order valence-corrected chi connectivity index (χ0v) is 9.28. The first kappa shape index (κ1) is 13.3. The fourth-order valence-corrected chi connectivity index (χ4v) is 1.08. The van der Waals surface area contributed by atoms with Crippen LogP contribution < -0.4 is 16.6 Å². The van der Waals surface area contributed by atoms with Gasteiger partial charge in [0.2, 0.25) is 5.82 Å². The summed E-state index contributed by atoms with van der Waals surface area (Å²) in [5.41, 5.74) is -1.46. The number of aromatic nitrogens is 3. The fourth-order valence-electron chi connectivity index (χ4n) is 1.08. The van der Waals surface area contributed by atoms with Crippen LogP contribution in [0.2, 0.25) is 0 Å². The van der Waals surface area contributed by atoms with Gasteiger partial charge in [-0.2, -0.15) is 0 Å². The summed E-state index contributed by atoms with van der Waals surface area (Å²) < 4.78 is 27.1. The number of nitrogens with zero attached hydrogens (tertiary/aromatic N) is 3. The zero-order chi connectivity index (χ0) is 13.2. The van der Waals surface area contributed by atoms with E-state index in [0.29, 0.717) is 0 Å². The molecule has 9 heteroatoms. The molecule has 7 nitrogen and oxygen atoms in total. The van der Waals surface area contributed by atoms with Gasteiger partial charge in [-0.15, -0.1) is 5.10 Å². The van der Waals surface area contributed by atoms with Crippen LogP contribution in [-0.4, -0.2) is 38.5 Å². The zero-order valence-electron chi connectivity index (χ0n) is 9.28. The molecule has 0 amide bonds. The Hall–Kier alpha value is -1.77. The molecule has 0 atom stereocenters. The molecule has 0 unspecified atom stereocenters. The predicted molar refractivity (Wildman–Crippen MR) is 55.2 cm³/mol. The number of hydrogen-bond donors (Lipinski definition) is 2. The molecule has 0 fully saturated rings. The van der Waals surface area contributed by atoms with Crippen LogP contribution in [0.1, 0.15) is 0 Å². The number of aliphatic hydroxyl groups is 1. The molecule has 0 radical (unpaired) electrons. The first-order chi connectivity index (χ1) is 7.78. The maximum absolute atomic E-state index is 12.7. The second-order valence-corrected chi connectivity index (χ2v) is 3.49. The Kier molecular flexibility index (Phi) is 3.61. The predicted octanol–water partition coefficient (Wildman–Crippen LogP) is -1.48. The van der Waals surface area contributed by atoms with Gasteiger partial charge < -0.3 is 10.4 Å². The number of aryl methyl sites for hydroxylation is 1. The summed E-state index contributed by atoms with van der Waals surface area (Å²) in [5.74, 6) is -3.73. The molecule has 1 heterocycles. The number of halogens is 2. The maximum Gasteiger partial charge on any atom is 0.346 e. The van der Waals surface area contributed by atoms with Gasteiger partial charge in [0.1, 0.15) is 6.61 Å². The lowest BCUT2D eigenvalue weighted by atomic mass is 10.3. The molecule has 17 heavy (non-hydrogen) atoms. The quantitative estimate of drug-likeness (QED) is 0.680. The first-order valence-electron chi connectivity index (χ1n) is 4.65. The lowest BCUT2D eigenvalue weighted by molar-refractivity contribution is -0.0373. The number of rotatable bonds is 4. The van der Waals surface area contributed by atoms with Crippen LogP contribution in [0, 0.1) is 0 Å². The van der Waals surface area contributed by atoms with Crippen LogP contribution in [0.25, 0.3) is 0 Å². The average molecular weight is 250 g/mol. The van der Waals surface area contributed by atoms with E-state index in [1.54, 1.807) is 0 Å². The lowest BCUT2D eigenvalue weighted by Crippen LogP contribution is -2.41. The maximum atomic E-state index is 12.7. The third-order valence-corrected chi connectivity index (χ3v) is 2.07. The van der Waals surface area contributed by atoms with Crippen molar-refractivity contribution in [1.82, 2.24) is 14.3 Å². The summed E-state index contributed by atoms with van der Waals surface area (Å²) in [6.45, 7) is -2.28. The Bertz CT molecular complexity index is 522. The van der Waals surface area contributed by atoms with Crippen molar-refractivity contribution in [3.05, 3.63) is 20.8 Å². The van der Waals surface area contributed by atoms with Crippen LogP contribution in [0.5, 0.6) is 0 Å². The van der Waals surface area contributed by atoms with Crippen molar-refractivity contribution in [3.8, 4) is 0 Å². The molecular formula is C8H12F2N4O3. The molecule has 0 aliphatic heterocycles. The average Bonchev–Trinajstić information content (AvgIpc) is 2.29. The lowest BCUT2D eigenvalue weighted by Gasteiger charge is -2.14. The molecule has 1 aromatic rings. The topological polar surface area (TPSA) is 89.2 Å². The minimum Gasteiger partial charge on any atom is -0.390 e. The van der Waals surface area contributed by atoms with Crippen LogP contribution >= 0.6 is 0 Å². The van der Waals surface area contributed by atoms with Crippen molar-refractivity contribution in [2.45, 2.75) is 5.92 Å². The highest BCUT2D eigenvalue weighted by molar-refractivity contribution is 5.29. The summed E-state index contributed by atoms with van der Waals surface area (Å²) in [4.78, 5) is 22.7. The SMILES string of the molecule is Cn1nc(NCC(F)(F)CO)c(=O)n(C)c1=O. The standard InChI is InChI=1S/C8H12F2N4O3/c1-13-6(16)5(12-14(2)7(13)17)11-3-8(9,10)4-15/h15H,3-4H2,1-2H3,(H,11,12). The molecule has 0 aliphatic carbocycles. The van der Waals surface area contributed by atoms with E-state index in [-0.39, 0.29) is 5.82 Å². The van der Waals surface area contributed by atoms with Crippen molar-refractivity contribution in [1.29, 1.82) is 0 Å². The number of anilines is 1. The molecular weight excluding hydrogens is 238 g/mol. The molecule has 0 aromatic carbocycles. The monoisotopic (exact) mass is 250 g/mol. The van der Waals surface area contributed by atoms with Gasteiger partial charge in [0.25, 0.3) is 11.5 Å². The molecule has 0 saturated heterocycles. The van der Waals surface area contributed by atoms with E-state index >= 15 is 0 Å². The Labute approximate surface area is 94.3 Å². The van der Waals surface area contributed by atoms with Gasteiger partial charge >= 0.3 is 5.69 Å². The van der Waals surface area contributed by atoms with E-state index in [1.807, 2.05) is 0 Å². The first-order valence-corrected chi connectivity index (χ1v) is 4.65. The van der Waals surface area contributed by atoms with Crippen molar-refractivity contribution < 1.29 is 13.9 Å². The Morgan fingerprint density at radius 3 is 2.53 bits per heavy atom. The van der Waals surface area contributed by atoms with Gasteiger partial charge in [0.05, 0.1) is 6.54 Å². The molecule has 0 saturated carbocycles. The number of hydrogen-bond acceptors (Lipinski definition) is 5. The summed E-state index contributed by atoms with van der Waals surface area (Å²) in [6, 6.07) is 0. The fraction of sp³-hybridized carbons (Fsp3) is 0.625. The molecule has 1 rings (SSSR count). The Morgan fingerprint density at radius 2 is 2.00 bits per heavy atom. The van der Waals surface area contributed by atoms with Gasteiger partial charge in [-0.1, -0.05) is 0 Å². The van der Waals surface area contributed by atoms with Crippen molar-refractivity contribution in [3.63, 3.8) is 0 Å². The van der Waals surface area contributed by atoms with E-state index in [0.717, 1.165) is 9.25 Å². The Morgan fingerprint density at radius 1 is 1.41 bits per heavy atom. The highest BCUT2D eigenvalue weighted by Gasteiger charge is 2.28. The van der Waals surface area contributed by atoms with Crippen molar-refractivity contribution in [2.75, 3.05) is 18.5 Å². The highest BCUT2D eigenvalue weighted by Crippen LogP contribution is 2.11.